The maximum absolute atomic E-state index is 12.3. The number of hydrogen-bond acceptors (Lipinski definition) is 3. The number of carbonyl (C=O) groups is 1. The van der Waals surface area contributed by atoms with E-state index in [0.29, 0.717) is 6.61 Å². The standard InChI is InChI=1S/C23H22N2O2/c1-15-21(22(26)25-23(15,2)3)17-9-12-19(13-10-17)27-14-18-11-8-16-6-4-5-7-20(16)24-18/h4-13H,14H2,1-3H3,(H,25,26). The Labute approximate surface area is 158 Å². The van der Waals surface area contributed by atoms with Crippen molar-refractivity contribution in [1.29, 1.82) is 0 Å². The number of rotatable bonds is 4. The van der Waals surface area contributed by atoms with E-state index in [1.807, 2.05) is 75.4 Å². The molecule has 4 nitrogen and oxygen atoms in total. The summed E-state index contributed by atoms with van der Waals surface area (Å²) in [6, 6.07) is 19.7. The Hall–Kier alpha value is -3.14. The molecule has 0 bridgehead atoms. The second kappa shape index (κ2) is 6.54. The summed E-state index contributed by atoms with van der Waals surface area (Å²) in [5.41, 5.74) is 4.26. The number of fused-ring (bicyclic) bond motifs is 1. The van der Waals surface area contributed by atoms with Gasteiger partial charge in [0.2, 0.25) is 0 Å². The number of hydrogen-bond donors (Lipinski definition) is 1. The van der Waals surface area contributed by atoms with E-state index in [4.69, 9.17) is 4.74 Å². The van der Waals surface area contributed by atoms with Crippen molar-refractivity contribution in [3.05, 3.63) is 77.5 Å². The van der Waals surface area contributed by atoms with Crippen LogP contribution in [0.3, 0.4) is 0 Å². The van der Waals surface area contributed by atoms with Gasteiger partial charge >= 0.3 is 0 Å². The van der Waals surface area contributed by atoms with Crippen molar-refractivity contribution in [3.8, 4) is 5.75 Å². The largest absolute Gasteiger partial charge is 0.487 e. The van der Waals surface area contributed by atoms with E-state index in [2.05, 4.69) is 16.4 Å². The first-order valence-corrected chi connectivity index (χ1v) is 9.06. The van der Waals surface area contributed by atoms with Crippen molar-refractivity contribution in [3.63, 3.8) is 0 Å². The van der Waals surface area contributed by atoms with Gasteiger partial charge in [-0.05, 0) is 56.2 Å². The Balaban J connectivity index is 1.49. The first-order chi connectivity index (χ1) is 12.9. The topological polar surface area (TPSA) is 51.2 Å². The third-order valence-electron chi connectivity index (χ3n) is 5.15. The number of nitrogens with zero attached hydrogens (tertiary/aromatic N) is 1. The van der Waals surface area contributed by atoms with Gasteiger partial charge in [0.25, 0.3) is 5.91 Å². The predicted octanol–water partition coefficient (Wildman–Crippen LogP) is 4.50. The summed E-state index contributed by atoms with van der Waals surface area (Å²) in [6.07, 6.45) is 0. The monoisotopic (exact) mass is 358 g/mol. The molecular weight excluding hydrogens is 336 g/mol. The fourth-order valence-electron chi connectivity index (χ4n) is 3.33. The molecule has 0 unspecified atom stereocenters. The normalized spacial score (nSPS) is 15.9. The van der Waals surface area contributed by atoms with Crippen molar-refractivity contribution in [1.82, 2.24) is 10.3 Å². The zero-order valence-corrected chi connectivity index (χ0v) is 15.7. The zero-order valence-electron chi connectivity index (χ0n) is 15.7. The Morgan fingerprint density at radius 3 is 2.44 bits per heavy atom. The molecule has 1 amide bonds. The first kappa shape index (κ1) is 17.3. The quantitative estimate of drug-likeness (QED) is 0.747. The number of nitrogens with one attached hydrogen (secondary N) is 1. The molecule has 0 saturated carbocycles. The number of pyridine rings is 1. The smallest absolute Gasteiger partial charge is 0.252 e. The average molecular weight is 358 g/mol. The minimum atomic E-state index is -0.302. The van der Waals surface area contributed by atoms with Crippen molar-refractivity contribution < 1.29 is 9.53 Å². The van der Waals surface area contributed by atoms with Crippen LogP contribution in [0.4, 0.5) is 0 Å². The van der Waals surface area contributed by atoms with Crippen LogP contribution in [-0.4, -0.2) is 16.4 Å². The molecule has 27 heavy (non-hydrogen) atoms. The van der Waals surface area contributed by atoms with Crippen LogP contribution in [0.2, 0.25) is 0 Å². The van der Waals surface area contributed by atoms with Crippen molar-refractivity contribution >= 4 is 22.4 Å². The average Bonchev–Trinajstić information content (AvgIpc) is 2.87. The highest BCUT2D eigenvalue weighted by atomic mass is 16.5. The molecule has 0 aliphatic carbocycles. The summed E-state index contributed by atoms with van der Waals surface area (Å²) < 4.78 is 5.87. The van der Waals surface area contributed by atoms with Gasteiger partial charge in [-0.3, -0.25) is 4.79 Å². The van der Waals surface area contributed by atoms with Crippen LogP contribution in [0.1, 0.15) is 32.0 Å². The molecular formula is C23H22N2O2. The molecule has 4 rings (SSSR count). The van der Waals surface area contributed by atoms with Crippen LogP contribution in [0.5, 0.6) is 5.75 Å². The zero-order chi connectivity index (χ0) is 19.0. The van der Waals surface area contributed by atoms with Gasteiger partial charge in [-0.25, -0.2) is 4.98 Å². The van der Waals surface area contributed by atoms with Gasteiger partial charge in [-0.1, -0.05) is 36.4 Å². The summed E-state index contributed by atoms with van der Waals surface area (Å²) in [5, 5.41) is 4.13. The maximum atomic E-state index is 12.3. The molecule has 0 radical (unpaired) electrons. The number of carbonyl (C=O) groups excluding carboxylic acids is 1. The lowest BCUT2D eigenvalue weighted by Gasteiger charge is -2.19. The van der Waals surface area contributed by atoms with Crippen molar-refractivity contribution in [2.24, 2.45) is 0 Å². The van der Waals surface area contributed by atoms with Gasteiger partial charge < -0.3 is 10.1 Å². The fraction of sp³-hybridized carbons (Fsp3) is 0.217. The third-order valence-corrected chi connectivity index (χ3v) is 5.15. The summed E-state index contributed by atoms with van der Waals surface area (Å²) in [4.78, 5) is 16.9. The van der Waals surface area contributed by atoms with E-state index in [1.54, 1.807) is 0 Å². The van der Waals surface area contributed by atoms with E-state index in [1.165, 1.54) is 0 Å². The second-order valence-electron chi connectivity index (χ2n) is 7.39. The highest BCUT2D eigenvalue weighted by Gasteiger charge is 2.35. The van der Waals surface area contributed by atoms with Crippen LogP contribution < -0.4 is 10.1 Å². The molecule has 1 aliphatic heterocycles. The van der Waals surface area contributed by atoms with Gasteiger partial charge in [0.15, 0.2) is 0 Å². The number of ether oxygens (including phenoxy) is 1. The molecule has 0 atom stereocenters. The molecule has 4 heteroatoms. The highest BCUT2D eigenvalue weighted by Crippen LogP contribution is 2.33. The van der Waals surface area contributed by atoms with Gasteiger partial charge in [0.05, 0.1) is 16.7 Å². The summed E-state index contributed by atoms with van der Waals surface area (Å²) >= 11 is 0. The maximum Gasteiger partial charge on any atom is 0.252 e. The number of aromatic nitrogens is 1. The first-order valence-electron chi connectivity index (χ1n) is 9.06. The molecule has 1 aromatic heterocycles. The van der Waals surface area contributed by atoms with Gasteiger partial charge in [-0.15, -0.1) is 0 Å². The Morgan fingerprint density at radius 2 is 1.74 bits per heavy atom. The van der Waals surface area contributed by atoms with Crippen LogP contribution in [0.15, 0.2) is 66.2 Å². The Morgan fingerprint density at radius 1 is 1.00 bits per heavy atom. The second-order valence-corrected chi connectivity index (χ2v) is 7.39. The fourth-order valence-corrected chi connectivity index (χ4v) is 3.33. The van der Waals surface area contributed by atoms with Gasteiger partial charge in [0, 0.05) is 11.0 Å². The molecule has 2 heterocycles. The molecule has 3 aromatic rings. The SMILES string of the molecule is CC1=C(c2ccc(OCc3ccc4ccccc4n3)cc2)C(=O)NC1(C)C. The van der Waals surface area contributed by atoms with Crippen molar-refractivity contribution in [2.45, 2.75) is 32.9 Å². The Kier molecular flexibility index (Phi) is 4.19. The van der Waals surface area contributed by atoms with Crippen LogP contribution in [0.25, 0.3) is 16.5 Å². The minimum absolute atomic E-state index is 0.0217. The summed E-state index contributed by atoms with van der Waals surface area (Å²) in [5.74, 6) is 0.733. The van der Waals surface area contributed by atoms with Crippen LogP contribution >= 0.6 is 0 Å². The number of para-hydroxylation sites is 1. The molecule has 1 aliphatic rings. The molecule has 0 fully saturated rings. The lowest BCUT2D eigenvalue weighted by molar-refractivity contribution is -0.115. The Bertz CT molecular complexity index is 1050. The lowest BCUT2D eigenvalue weighted by atomic mass is 9.93. The van der Waals surface area contributed by atoms with E-state index in [0.717, 1.165) is 39.1 Å². The molecule has 2 aromatic carbocycles. The summed E-state index contributed by atoms with van der Waals surface area (Å²) in [6.45, 7) is 6.44. The molecule has 0 saturated heterocycles. The lowest BCUT2D eigenvalue weighted by Crippen LogP contribution is -2.37. The number of amides is 1. The molecule has 136 valence electrons. The van der Waals surface area contributed by atoms with Crippen LogP contribution in [0, 0.1) is 0 Å². The predicted molar refractivity (Wildman–Crippen MR) is 107 cm³/mol. The molecule has 0 spiro atoms. The van der Waals surface area contributed by atoms with E-state index < -0.39 is 0 Å². The molecule has 1 N–H and O–H groups in total. The highest BCUT2D eigenvalue weighted by molar-refractivity contribution is 6.23. The van der Waals surface area contributed by atoms with Crippen LogP contribution in [-0.2, 0) is 11.4 Å². The number of benzene rings is 2. The van der Waals surface area contributed by atoms with Crippen molar-refractivity contribution in [2.75, 3.05) is 0 Å². The van der Waals surface area contributed by atoms with Gasteiger partial charge in [0.1, 0.15) is 12.4 Å². The minimum Gasteiger partial charge on any atom is -0.487 e. The van der Waals surface area contributed by atoms with Gasteiger partial charge in [-0.2, -0.15) is 0 Å². The van der Waals surface area contributed by atoms with E-state index in [-0.39, 0.29) is 11.4 Å². The third kappa shape index (κ3) is 3.31. The summed E-state index contributed by atoms with van der Waals surface area (Å²) in [7, 11) is 0. The van der Waals surface area contributed by atoms with E-state index in [9.17, 15) is 4.79 Å². The van der Waals surface area contributed by atoms with E-state index >= 15 is 0 Å².